The van der Waals surface area contributed by atoms with Gasteiger partial charge in [-0.3, -0.25) is 4.99 Å². The smallest absolute Gasteiger partial charge is 0.195 e. The summed E-state index contributed by atoms with van der Waals surface area (Å²) in [6.45, 7) is 4.10. The number of anilines is 1. The number of hydrogen-bond acceptors (Lipinski definition) is 5. The van der Waals surface area contributed by atoms with Crippen LogP contribution in [0.2, 0.25) is 0 Å². The van der Waals surface area contributed by atoms with E-state index in [0.717, 1.165) is 17.9 Å². The monoisotopic (exact) mass is 341 g/mol. The number of benzene rings is 1. The summed E-state index contributed by atoms with van der Waals surface area (Å²) in [5.74, 6) is 1.97. The van der Waals surface area contributed by atoms with Gasteiger partial charge in [-0.05, 0) is 19.1 Å². The average molecular weight is 341 g/mol. The molecule has 0 bridgehead atoms. The Hall–Kier alpha value is -1.96. The summed E-state index contributed by atoms with van der Waals surface area (Å²) in [6, 6.07) is 5.57. The zero-order chi connectivity index (χ0) is 16.7. The van der Waals surface area contributed by atoms with E-state index in [9.17, 15) is 8.42 Å². The summed E-state index contributed by atoms with van der Waals surface area (Å²) in [7, 11) is -3.02. The van der Waals surface area contributed by atoms with Crippen LogP contribution in [0.15, 0.2) is 23.2 Å². The highest BCUT2D eigenvalue weighted by atomic mass is 32.2. The van der Waals surface area contributed by atoms with Crippen LogP contribution in [0, 0.1) is 0 Å². The fraction of sp³-hybridized carbons (Fsp3) is 0.533. The summed E-state index contributed by atoms with van der Waals surface area (Å²) in [6.07, 6.45) is 2.06. The molecule has 7 nitrogen and oxygen atoms in total. The first-order chi connectivity index (χ1) is 11.0. The first-order valence-corrected chi connectivity index (χ1v) is 9.66. The molecule has 0 unspecified atom stereocenters. The van der Waals surface area contributed by atoms with Crippen LogP contribution in [0.25, 0.3) is 0 Å². The lowest BCUT2D eigenvalue weighted by atomic mass is 10.3. The highest BCUT2D eigenvalue weighted by Gasteiger charge is 2.11. The molecular weight excluding hydrogens is 318 g/mol. The van der Waals surface area contributed by atoms with Crippen LogP contribution in [-0.2, 0) is 9.84 Å². The minimum absolute atomic E-state index is 0.0186. The molecule has 1 aliphatic rings. The van der Waals surface area contributed by atoms with Gasteiger partial charge >= 0.3 is 0 Å². The Bertz CT molecular complexity index is 659. The van der Waals surface area contributed by atoms with Crippen LogP contribution >= 0.6 is 0 Å². The average Bonchev–Trinajstić information content (AvgIpc) is 2.71. The fourth-order valence-electron chi connectivity index (χ4n) is 2.01. The maximum atomic E-state index is 11.2. The molecule has 0 spiro atoms. The summed E-state index contributed by atoms with van der Waals surface area (Å²) in [5, 5.41) is 6.23. The lowest BCUT2D eigenvalue weighted by Crippen LogP contribution is -2.31. The van der Waals surface area contributed by atoms with E-state index in [-0.39, 0.29) is 12.3 Å². The van der Waals surface area contributed by atoms with E-state index in [0.29, 0.717) is 31.5 Å². The highest BCUT2D eigenvalue weighted by Crippen LogP contribution is 2.32. The molecule has 1 heterocycles. The zero-order valence-corrected chi connectivity index (χ0v) is 14.3. The SMILES string of the molecule is CCNC(=NCCS(C)(=O)=O)Nc1ccc2c(c1)OCCCO2. The van der Waals surface area contributed by atoms with Crippen molar-refractivity contribution in [2.45, 2.75) is 13.3 Å². The Morgan fingerprint density at radius 2 is 2.00 bits per heavy atom. The van der Waals surface area contributed by atoms with E-state index in [1.165, 1.54) is 6.26 Å². The van der Waals surface area contributed by atoms with Crippen LogP contribution < -0.4 is 20.1 Å². The maximum absolute atomic E-state index is 11.2. The molecule has 23 heavy (non-hydrogen) atoms. The van der Waals surface area contributed by atoms with Gasteiger partial charge in [0.2, 0.25) is 0 Å². The number of sulfone groups is 1. The standard InChI is InChI=1S/C15H23N3O4S/c1-3-16-15(17-7-10-23(2,19)20)18-12-5-6-13-14(11-12)22-9-4-8-21-13/h5-6,11H,3-4,7-10H2,1-2H3,(H2,16,17,18). The van der Waals surface area contributed by atoms with Gasteiger partial charge in [-0.15, -0.1) is 0 Å². The predicted molar refractivity (Wildman–Crippen MR) is 91.4 cm³/mol. The number of ether oxygens (including phenoxy) is 2. The van der Waals surface area contributed by atoms with E-state index >= 15 is 0 Å². The van der Waals surface area contributed by atoms with Crippen molar-refractivity contribution < 1.29 is 17.9 Å². The van der Waals surface area contributed by atoms with Gasteiger partial charge in [0.1, 0.15) is 9.84 Å². The van der Waals surface area contributed by atoms with Crippen molar-refractivity contribution in [3.05, 3.63) is 18.2 Å². The Morgan fingerprint density at radius 3 is 2.70 bits per heavy atom. The summed E-state index contributed by atoms with van der Waals surface area (Å²) in [5.41, 5.74) is 0.799. The van der Waals surface area contributed by atoms with Gasteiger partial charge in [0, 0.05) is 31.0 Å². The predicted octanol–water partition coefficient (Wildman–Crippen LogP) is 1.27. The largest absolute Gasteiger partial charge is 0.490 e. The van der Waals surface area contributed by atoms with Gasteiger partial charge in [-0.1, -0.05) is 0 Å². The van der Waals surface area contributed by atoms with Crippen molar-refractivity contribution in [1.29, 1.82) is 0 Å². The van der Waals surface area contributed by atoms with Crippen LogP contribution in [-0.4, -0.2) is 52.7 Å². The summed E-state index contributed by atoms with van der Waals surface area (Å²) in [4.78, 5) is 4.27. The highest BCUT2D eigenvalue weighted by molar-refractivity contribution is 7.90. The van der Waals surface area contributed by atoms with Gasteiger partial charge < -0.3 is 20.1 Å². The van der Waals surface area contributed by atoms with Crippen LogP contribution in [0.5, 0.6) is 11.5 Å². The molecule has 0 aliphatic carbocycles. The van der Waals surface area contributed by atoms with Crippen molar-refractivity contribution in [2.24, 2.45) is 4.99 Å². The van der Waals surface area contributed by atoms with Gasteiger partial charge in [0.05, 0.1) is 25.5 Å². The molecule has 0 aromatic heterocycles. The Kier molecular flexibility index (Phi) is 6.09. The molecule has 2 N–H and O–H groups in total. The van der Waals surface area contributed by atoms with Gasteiger partial charge in [0.25, 0.3) is 0 Å². The molecule has 1 aromatic rings. The minimum atomic E-state index is -3.02. The van der Waals surface area contributed by atoms with E-state index in [2.05, 4.69) is 15.6 Å². The molecule has 0 atom stereocenters. The van der Waals surface area contributed by atoms with Crippen LogP contribution in [0.3, 0.4) is 0 Å². The van der Waals surface area contributed by atoms with E-state index < -0.39 is 9.84 Å². The molecule has 1 aromatic carbocycles. The molecule has 2 rings (SSSR count). The van der Waals surface area contributed by atoms with Gasteiger partial charge in [-0.2, -0.15) is 0 Å². The van der Waals surface area contributed by atoms with Crippen molar-refractivity contribution >= 4 is 21.5 Å². The second-order valence-electron chi connectivity index (χ2n) is 5.23. The van der Waals surface area contributed by atoms with Crippen molar-refractivity contribution in [2.75, 3.05) is 43.6 Å². The van der Waals surface area contributed by atoms with E-state index in [4.69, 9.17) is 9.47 Å². The second-order valence-corrected chi connectivity index (χ2v) is 7.49. The zero-order valence-electron chi connectivity index (χ0n) is 13.5. The van der Waals surface area contributed by atoms with Crippen molar-refractivity contribution in [3.8, 4) is 11.5 Å². The first kappa shape index (κ1) is 17.4. The fourth-order valence-corrected chi connectivity index (χ4v) is 2.43. The third-order valence-corrected chi connectivity index (χ3v) is 4.01. The summed E-state index contributed by atoms with van der Waals surface area (Å²) < 4.78 is 33.6. The molecular formula is C15H23N3O4S. The number of fused-ring (bicyclic) bond motifs is 1. The lowest BCUT2D eigenvalue weighted by Gasteiger charge is -2.13. The molecule has 0 amide bonds. The summed E-state index contributed by atoms with van der Waals surface area (Å²) >= 11 is 0. The van der Waals surface area contributed by atoms with Crippen molar-refractivity contribution in [3.63, 3.8) is 0 Å². The number of hydrogen-bond donors (Lipinski definition) is 2. The molecule has 0 radical (unpaired) electrons. The van der Waals surface area contributed by atoms with E-state index in [1.807, 2.05) is 25.1 Å². The lowest BCUT2D eigenvalue weighted by molar-refractivity contribution is 0.297. The van der Waals surface area contributed by atoms with E-state index in [1.54, 1.807) is 0 Å². The normalized spacial score (nSPS) is 15.0. The Balaban J connectivity index is 2.07. The number of rotatable bonds is 5. The van der Waals surface area contributed by atoms with Crippen LogP contribution in [0.4, 0.5) is 5.69 Å². The minimum Gasteiger partial charge on any atom is -0.490 e. The van der Waals surface area contributed by atoms with Gasteiger partial charge in [-0.25, -0.2) is 8.42 Å². The number of aliphatic imine (C=N–C) groups is 1. The second kappa shape index (κ2) is 8.05. The molecule has 1 aliphatic heterocycles. The third kappa shape index (κ3) is 5.97. The topological polar surface area (TPSA) is 89.0 Å². The Morgan fingerprint density at radius 1 is 1.26 bits per heavy atom. The first-order valence-electron chi connectivity index (χ1n) is 7.60. The van der Waals surface area contributed by atoms with Gasteiger partial charge in [0.15, 0.2) is 17.5 Å². The maximum Gasteiger partial charge on any atom is 0.195 e. The molecule has 8 heteroatoms. The van der Waals surface area contributed by atoms with Crippen LogP contribution in [0.1, 0.15) is 13.3 Å². The number of guanidine groups is 1. The van der Waals surface area contributed by atoms with Crippen molar-refractivity contribution in [1.82, 2.24) is 5.32 Å². The quantitative estimate of drug-likeness (QED) is 0.619. The molecule has 0 saturated carbocycles. The third-order valence-electron chi connectivity index (χ3n) is 3.09. The number of nitrogens with zero attached hydrogens (tertiary/aromatic N) is 1. The molecule has 0 saturated heterocycles. The number of nitrogens with one attached hydrogen (secondary N) is 2. The molecule has 128 valence electrons. The molecule has 0 fully saturated rings. The Labute approximate surface area is 137 Å².